The van der Waals surface area contributed by atoms with Gasteiger partial charge in [0.25, 0.3) is 0 Å². The second-order valence-electron chi connectivity index (χ2n) is 5.88. The summed E-state index contributed by atoms with van der Waals surface area (Å²) in [6.45, 7) is 7.00. The van der Waals surface area contributed by atoms with Crippen LogP contribution in [0.1, 0.15) is 46.0 Å². The van der Waals surface area contributed by atoms with E-state index in [1.165, 1.54) is 25.7 Å². The maximum absolute atomic E-state index is 12.1. The van der Waals surface area contributed by atoms with Crippen LogP contribution >= 0.6 is 0 Å². The number of rotatable bonds is 4. The molecular weight excluding hydrogens is 200 g/mol. The van der Waals surface area contributed by atoms with Crippen LogP contribution in [0.2, 0.25) is 0 Å². The number of carbonyl (C=O) groups excluding carboxylic acids is 1. The van der Waals surface area contributed by atoms with Gasteiger partial charge in [0.05, 0.1) is 5.41 Å². The first-order valence-electron chi connectivity index (χ1n) is 6.59. The van der Waals surface area contributed by atoms with Crippen LogP contribution in [-0.2, 0) is 4.79 Å². The van der Waals surface area contributed by atoms with Crippen molar-refractivity contribution < 1.29 is 4.79 Å². The fraction of sp³-hybridized carbons (Fsp3) is 0.923. The molecule has 1 atom stereocenters. The van der Waals surface area contributed by atoms with Gasteiger partial charge in [-0.15, -0.1) is 0 Å². The van der Waals surface area contributed by atoms with Crippen molar-refractivity contribution in [2.24, 2.45) is 10.8 Å². The van der Waals surface area contributed by atoms with E-state index in [-0.39, 0.29) is 11.3 Å². The van der Waals surface area contributed by atoms with Gasteiger partial charge >= 0.3 is 0 Å². The molecule has 2 aliphatic rings. The molecule has 1 heterocycles. The molecule has 0 bridgehead atoms. The SMILES string of the molecule is CCC1(CNC(=O)C2(C)CCNC2)CCC1. The molecule has 16 heavy (non-hydrogen) atoms. The Morgan fingerprint density at radius 3 is 2.56 bits per heavy atom. The minimum atomic E-state index is -0.168. The van der Waals surface area contributed by atoms with Crippen molar-refractivity contribution >= 4 is 5.91 Å². The zero-order valence-corrected chi connectivity index (χ0v) is 10.6. The zero-order valence-electron chi connectivity index (χ0n) is 10.6. The molecule has 2 rings (SSSR count). The zero-order chi connectivity index (χ0) is 11.6. The van der Waals surface area contributed by atoms with Crippen molar-refractivity contribution in [3.05, 3.63) is 0 Å². The van der Waals surface area contributed by atoms with Gasteiger partial charge in [-0.1, -0.05) is 13.3 Å². The second kappa shape index (κ2) is 4.36. The molecule has 0 aromatic heterocycles. The standard InChI is InChI=1S/C13H24N2O/c1-3-13(5-4-6-13)10-15-11(16)12(2)7-8-14-9-12/h14H,3-10H2,1-2H3,(H,15,16). The molecule has 1 amide bonds. The highest BCUT2D eigenvalue weighted by atomic mass is 16.2. The highest BCUT2D eigenvalue weighted by Gasteiger charge is 2.39. The van der Waals surface area contributed by atoms with Gasteiger partial charge in [-0.25, -0.2) is 0 Å². The van der Waals surface area contributed by atoms with E-state index in [1.807, 2.05) is 0 Å². The molecule has 1 aliphatic heterocycles. The van der Waals surface area contributed by atoms with Crippen LogP contribution in [-0.4, -0.2) is 25.5 Å². The van der Waals surface area contributed by atoms with Gasteiger partial charge in [-0.2, -0.15) is 0 Å². The van der Waals surface area contributed by atoms with Crippen LogP contribution in [0.5, 0.6) is 0 Å². The summed E-state index contributed by atoms with van der Waals surface area (Å²) in [5, 5.41) is 6.45. The lowest BCUT2D eigenvalue weighted by Gasteiger charge is -2.42. The molecule has 0 radical (unpaired) electrons. The van der Waals surface area contributed by atoms with Gasteiger partial charge in [0.15, 0.2) is 0 Å². The molecule has 92 valence electrons. The number of amides is 1. The van der Waals surface area contributed by atoms with E-state index in [4.69, 9.17) is 0 Å². The molecule has 1 unspecified atom stereocenters. The molecule has 1 saturated heterocycles. The van der Waals surface area contributed by atoms with Crippen molar-refractivity contribution in [1.29, 1.82) is 0 Å². The first-order chi connectivity index (χ1) is 7.60. The number of hydrogen-bond acceptors (Lipinski definition) is 2. The minimum absolute atomic E-state index is 0.168. The molecule has 1 saturated carbocycles. The topological polar surface area (TPSA) is 41.1 Å². The van der Waals surface area contributed by atoms with Crippen LogP contribution in [0, 0.1) is 10.8 Å². The summed E-state index contributed by atoms with van der Waals surface area (Å²) in [5.41, 5.74) is 0.261. The lowest BCUT2D eigenvalue weighted by molar-refractivity contribution is -0.130. The minimum Gasteiger partial charge on any atom is -0.355 e. The van der Waals surface area contributed by atoms with Crippen LogP contribution in [0.15, 0.2) is 0 Å². The lowest BCUT2D eigenvalue weighted by atomic mass is 9.67. The Morgan fingerprint density at radius 2 is 2.12 bits per heavy atom. The molecule has 3 nitrogen and oxygen atoms in total. The maximum atomic E-state index is 12.1. The summed E-state index contributed by atoms with van der Waals surface area (Å²) in [4.78, 5) is 12.1. The third-order valence-corrected chi connectivity index (χ3v) is 4.71. The summed E-state index contributed by atoms with van der Waals surface area (Å²) in [5.74, 6) is 0.247. The fourth-order valence-corrected chi connectivity index (χ4v) is 2.82. The van der Waals surface area contributed by atoms with E-state index >= 15 is 0 Å². The fourth-order valence-electron chi connectivity index (χ4n) is 2.82. The smallest absolute Gasteiger partial charge is 0.227 e. The molecule has 0 aromatic rings. The third-order valence-electron chi connectivity index (χ3n) is 4.71. The van der Waals surface area contributed by atoms with Crippen molar-refractivity contribution in [2.45, 2.75) is 46.0 Å². The van der Waals surface area contributed by atoms with E-state index in [1.54, 1.807) is 0 Å². The van der Waals surface area contributed by atoms with E-state index in [9.17, 15) is 4.79 Å². The third kappa shape index (κ3) is 2.10. The van der Waals surface area contributed by atoms with Crippen LogP contribution in [0.4, 0.5) is 0 Å². The largest absolute Gasteiger partial charge is 0.355 e. The highest BCUT2D eigenvalue weighted by Crippen LogP contribution is 2.43. The van der Waals surface area contributed by atoms with Crippen molar-refractivity contribution in [3.63, 3.8) is 0 Å². The van der Waals surface area contributed by atoms with E-state index in [0.29, 0.717) is 5.41 Å². The van der Waals surface area contributed by atoms with Crippen molar-refractivity contribution in [3.8, 4) is 0 Å². The van der Waals surface area contributed by atoms with Gasteiger partial charge in [-0.05, 0) is 44.6 Å². The Hall–Kier alpha value is -0.570. The summed E-state index contributed by atoms with van der Waals surface area (Å²) in [7, 11) is 0. The van der Waals surface area contributed by atoms with Crippen LogP contribution in [0.25, 0.3) is 0 Å². The molecule has 2 fully saturated rings. The first kappa shape index (κ1) is 11.9. The van der Waals surface area contributed by atoms with Gasteiger partial charge in [0.2, 0.25) is 5.91 Å². The lowest BCUT2D eigenvalue weighted by Crippen LogP contribution is -2.47. The average Bonchev–Trinajstić information content (AvgIpc) is 2.65. The predicted molar refractivity (Wildman–Crippen MR) is 65.2 cm³/mol. The quantitative estimate of drug-likeness (QED) is 0.763. The van der Waals surface area contributed by atoms with Gasteiger partial charge in [0.1, 0.15) is 0 Å². The molecular formula is C13H24N2O. The molecule has 1 aliphatic carbocycles. The summed E-state index contributed by atoms with van der Waals surface area (Å²) >= 11 is 0. The van der Waals surface area contributed by atoms with Gasteiger partial charge in [0, 0.05) is 13.1 Å². The average molecular weight is 224 g/mol. The number of nitrogens with one attached hydrogen (secondary N) is 2. The Kier molecular flexibility index (Phi) is 3.24. The summed E-state index contributed by atoms with van der Waals surface area (Å²) < 4.78 is 0. The van der Waals surface area contributed by atoms with E-state index in [0.717, 1.165) is 26.1 Å². The normalized spacial score (nSPS) is 32.1. The molecule has 0 spiro atoms. The molecule has 2 N–H and O–H groups in total. The first-order valence-corrected chi connectivity index (χ1v) is 6.59. The van der Waals surface area contributed by atoms with E-state index in [2.05, 4.69) is 24.5 Å². The maximum Gasteiger partial charge on any atom is 0.227 e. The summed E-state index contributed by atoms with van der Waals surface area (Å²) in [6, 6.07) is 0. The van der Waals surface area contributed by atoms with Gasteiger partial charge in [-0.3, -0.25) is 4.79 Å². The summed E-state index contributed by atoms with van der Waals surface area (Å²) in [6.07, 6.45) is 6.08. The van der Waals surface area contributed by atoms with E-state index < -0.39 is 0 Å². The Morgan fingerprint density at radius 1 is 1.38 bits per heavy atom. The Labute approximate surface area is 98.4 Å². The Bertz CT molecular complexity index is 260. The monoisotopic (exact) mass is 224 g/mol. The van der Waals surface area contributed by atoms with Crippen molar-refractivity contribution in [2.75, 3.05) is 19.6 Å². The predicted octanol–water partition coefficient (Wildman–Crippen LogP) is 1.68. The molecule has 0 aromatic carbocycles. The molecule has 3 heteroatoms. The van der Waals surface area contributed by atoms with Crippen LogP contribution in [0.3, 0.4) is 0 Å². The Balaban J connectivity index is 1.83. The van der Waals surface area contributed by atoms with Crippen LogP contribution < -0.4 is 10.6 Å². The second-order valence-corrected chi connectivity index (χ2v) is 5.88. The number of hydrogen-bond donors (Lipinski definition) is 2. The number of carbonyl (C=O) groups is 1. The highest BCUT2D eigenvalue weighted by molar-refractivity contribution is 5.82. The van der Waals surface area contributed by atoms with Crippen molar-refractivity contribution in [1.82, 2.24) is 10.6 Å². The van der Waals surface area contributed by atoms with Gasteiger partial charge < -0.3 is 10.6 Å².